The van der Waals surface area contributed by atoms with Gasteiger partial charge in [0, 0.05) is 17.6 Å². The molecule has 1 aromatic heterocycles. The first-order chi connectivity index (χ1) is 17.3. The Kier molecular flexibility index (Phi) is 12.0. The van der Waals surface area contributed by atoms with Crippen LogP contribution in [0.4, 0.5) is 4.39 Å². The summed E-state index contributed by atoms with van der Waals surface area (Å²) in [4.78, 5) is 37.8. The summed E-state index contributed by atoms with van der Waals surface area (Å²) < 4.78 is 49.5. The second kappa shape index (κ2) is 14.2. The normalized spacial score (nSPS) is 16.4. The fourth-order valence-electron chi connectivity index (χ4n) is 2.74. The number of benzene rings is 1. The number of aromatic amines is 1. The van der Waals surface area contributed by atoms with E-state index in [0.29, 0.717) is 0 Å². The molecule has 2 rings (SSSR count). The van der Waals surface area contributed by atoms with Gasteiger partial charge in [-0.25, -0.2) is 13.8 Å². The molecule has 1 heterocycles. The minimum absolute atomic E-state index is 0.0269. The lowest BCUT2D eigenvalue weighted by Crippen LogP contribution is -2.40. The maximum atomic E-state index is 13.6. The number of carbonyl (C=O) groups is 1. The van der Waals surface area contributed by atoms with E-state index >= 15 is 0 Å². The lowest BCUT2D eigenvalue weighted by molar-refractivity contribution is -0.149. The van der Waals surface area contributed by atoms with Crippen LogP contribution in [0.25, 0.3) is 0 Å². The third-order valence-corrected chi connectivity index (χ3v) is 6.92. The Balaban J connectivity index is 2.25. The fraction of sp³-hybridized carbons (Fsp3) is 0.476. The number of rotatable bonds is 14. The number of esters is 1. The Hall–Kier alpha value is -2.06. The van der Waals surface area contributed by atoms with Crippen molar-refractivity contribution >= 4 is 41.2 Å². The van der Waals surface area contributed by atoms with Crippen LogP contribution in [-0.4, -0.2) is 56.4 Å². The Bertz CT molecular complexity index is 1190. The first-order valence-corrected chi connectivity index (χ1v) is 14.0. The van der Waals surface area contributed by atoms with Crippen LogP contribution in [0.2, 0.25) is 0 Å². The van der Waals surface area contributed by atoms with Gasteiger partial charge in [0.25, 0.3) is 5.56 Å². The highest BCUT2D eigenvalue weighted by molar-refractivity contribution is 9.09. The molecule has 37 heavy (non-hydrogen) atoms. The summed E-state index contributed by atoms with van der Waals surface area (Å²) in [6.07, 6.45) is -1.72. The molecule has 5 atom stereocenters. The van der Waals surface area contributed by atoms with Crippen LogP contribution in [0, 0.1) is 5.82 Å². The van der Waals surface area contributed by atoms with Crippen LogP contribution in [0.15, 0.2) is 46.1 Å². The van der Waals surface area contributed by atoms with Gasteiger partial charge < -0.3 is 19.1 Å². The van der Waals surface area contributed by atoms with Gasteiger partial charge in [-0.3, -0.25) is 23.7 Å². The highest BCUT2D eigenvalue weighted by Crippen LogP contribution is 2.45. The Morgan fingerprint density at radius 1 is 1.24 bits per heavy atom. The minimum atomic E-state index is -4.39. The van der Waals surface area contributed by atoms with Crippen LogP contribution in [0.1, 0.15) is 27.0 Å². The van der Waals surface area contributed by atoms with E-state index in [-0.39, 0.29) is 11.1 Å². The van der Waals surface area contributed by atoms with Crippen LogP contribution in [0.5, 0.6) is 5.75 Å². The molecule has 0 amide bonds. The van der Waals surface area contributed by atoms with E-state index in [2.05, 4.69) is 26.0 Å². The highest BCUT2D eigenvalue weighted by atomic mass is 79.9. The number of hydrogen-bond donors (Lipinski definition) is 3. The van der Waals surface area contributed by atoms with Crippen LogP contribution in [0.3, 0.4) is 0 Å². The second-order valence-electron chi connectivity index (χ2n) is 7.85. The maximum Gasteiger partial charge on any atom is 0.459 e. The van der Waals surface area contributed by atoms with E-state index in [1.807, 2.05) is 0 Å². The van der Waals surface area contributed by atoms with Gasteiger partial charge in [0.15, 0.2) is 5.56 Å². The number of alkyl halides is 2. The third kappa shape index (κ3) is 9.97. The van der Waals surface area contributed by atoms with Gasteiger partial charge in [-0.1, -0.05) is 27.5 Å². The van der Waals surface area contributed by atoms with Crippen molar-refractivity contribution in [2.24, 2.45) is 0 Å². The summed E-state index contributed by atoms with van der Waals surface area (Å²) in [5.41, 5.74) is -3.12. The molecule has 0 aliphatic rings. The number of carbonyl (C=O) groups excluding carboxylic acids is 1. The first-order valence-electron chi connectivity index (χ1n) is 10.9. The van der Waals surface area contributed by atoms with Crippen molar-refractivity contribution in [1.29, 1.82) is 0 Å². The Morgan fingerprint density at radius 2 is 1.89 bits per heavy atom. The van der Waals surface area contributed by atoms with E-state index in [9.17, 15) is 28.4 Å². The number of nitrogens with one attached hydrogen (secondary N) is 2. The summed E-state index contributed by atoms with van der Waals surface area (Å²) in [6.45, 7) is 3.98. The monoisotopic (exact) mass is 629 g/mol. The molecule has 0 saturated heterocycles. The van der Waals surface area contributed by atoms with E-state index < -0.39 is 67.4 Å². The number of aliphatic hydroxyl groups excluding tert-OH is 1. The molecule has 0 fully saturated rings. The number of aromatic nitrogens is 2. The lowest BCUT2D eigenvalue weighted by atomic mass is 10.3. The molecule has 0 aliphatic carbocycles. The molecule has 0 radical (unpaired) electrons. The zero-order chi connectivity index (χ0) is 27.8. The van der Waals surface area contributed by atoms with Crippen molar-refractivity contribution in [3.8, 4) is 5.75 Å². The lowest BCUT2D eigenvalue weighted by Gasteiger charge is -2.28. The van der Waals surface area contributed by atoms with Gasteiger partial charge in [0.1, 0.15) is 29.9 Å². The molecule has 0 aliphatic heterocycles. The van der Waals surface area contributed by atoms with E-state index in [1.54, 1.807) is 13.8 Å². The number of hydrogen-bond acceptors (Lipinski definition) is 9. The molecule has 2 aromatic rings. The molecule has 12 nitrogen and oxygen atoms in total. The van der Waals surface area contributed by atoms with Crippen LogP contribution in [-0.2, 0) is 23.4 Å². The van der Waals surface area contributed by atoms with Crippen molar-refractivity contribution in [1.82, 2.24) is 14.6 Å². The molecule has 0 bridgehead atoms. The standard InChI is InChI=1S/C21H27BrClFN3O9P/c1-12(2)34-20(30)13(3)26-37(32,36-15-6-4-14(24)5-7-15)33-11-16(19(23)29)35-18(10-22)27-9-8-17(28)25-21(27)31/h4-9,12-13,16,18-19,29H,10-11H2,1-3H3,(H,26,32)(H,25,28,31)/t13-,16+,18+,19+,37?/m0/s1. The fourth-order valence-corrected chi connectivity index (χ4v) is 4.83. The zero-order valence-corrected chi connectivity index (χ0v) is 23.2. The molecular weight excluding hydrogens is 604 g/mol. The number of nitrogens with zero attached hydrogens (tertiary/aromatic N) is 1. The van der Waals surface area contributed by atoms with Crippen LogP contribution < -0.4 is 20.9 Å². The average Bonchev–Trinajstić information content (AvgIpc) is 2.80. The van der Waals surface area contributed by atoms with E-state index in [0.717, 1.165) is 22.8 Å². The molecule has 206 valence electrons. The zero-order valence-electron chi connectivity index (χ0n) is 20.0. The Labute approximate surface area is 224 Å². The highest BCUT2D eigenvalue weighted by Gasteiger charge is 2.35. The second-order valence-corrected chi connectivity index (χ2v) is 10.6. The number of ether oxygens (including phenoxy) is 2. The van der Waals surface area contributed by atoms with E-state index in [1.165, 1.54) is 25.3 Å². The predicted octanol–water partition coefficient (Wildman–Crippen LogP) is 2.65. The SMILES string of the molecule is CC(C)OC(=O)[C@H](C)NP(=O)(OC[C@@H](O[C@H](CBr)n1ccc(=O)[nH]c1=O)[C@@H](O)Cl)Oc1ccc(F)cc1. The van der Waals surface area contributed by atoms with Gasteiger partial charge in [0.05, 0.1) is 12.7 Å². The summed E-state index contributed by atoms with van der Waals surface area (Å²) in [5, 5.41) is 12.5. The maximum absolute atomic E-state index is 13.6. The molecule has 3 N–H and O–H groups in total. The van der Waals surface area contributed by atoms with Crippen molar-refractivity contribution in [2.45, 2.75) is 50.8 Å². The molecule has 1 unspecified atom stereocenters. The minimum Gasteiger partial charge on any atom is -0.462 e. The van der Waals surface area contributed by atoms with Gasteiger partial charge in [-0.15, -0.1) is 0 Å². The van der Waals surface area contributed by atoms with Crippen molar-refractivity contribution in [3.05, 3.63) is 63.2 Å². The predicted molar refractivity (Wildman–Crippen MR) is 135 cm³/mol. The van der Waals surface area contributed by atoms with Crippen LogP contribution >= 0.6 is 35.3 Å². The summed E-state index contributed by atoms with van der Waals surface area (Å²) >= 11 is 9.02. The van der Waals surface area contributed by atoms with Crippen molar-refractivity contribution < 1.29 is 37.4 Å². The van der Waals surface area contributed by atoms with Gasteiger partial charge in [0.2, 0.25) is 0 Å². The molecular formula is C21H27BrClFN3O9P. The third-order valence-electron chi connectivity index (χ3n) is 4.44. The van der Waals surface area contributed by atoms with E-state index in [4.69, 9.17) is 30.1 Å². The molecule has 16 heteroatoms. The first kappa shape index (κ1) is 31.2. The van der Waals surface area contributed by atoms with Crippen molar-refractivity contribution in [3.63, 3.8) is 0 Å². The molecule has 0 spiro atoms. The van der Waals surface area contributed by atoms with Gasteiger partial charge >= 0.3 is 19.4 Å². The topological polar surface area (TPSA) is 158 Å². The number of H-pyrrole nitrogens is 1. The Morgan fingerprint density at radius 3 is 2.43 bits per heavy atom. The van der Waals surface area contributed by atoms with Gasteiger partial charge in [-0.05, 0) is 45.0 Å². The van der Waals surface area contributed by atoms with Gasteiger partial charge in [-0.2, -0.15) is 5.09 Å². The summed E-state index contributed by atoms with van der Waals surface area (Å²) in [6, 6.07) is 4.44. The summed E-state index contributed by atoms with van der Waals surface area (Å²) in [5.74, 6) is -1.37. The van der Waals surface area contributed by atoms with Crippen molar-refractivity contribution in [2.75, 3.05) is 11.9 Å². The quantitative estimate of drug-likeness (QED) is 0.161. The number of aliphatic hydroxyl groups is 1. The smallest absolute Gasteiger partial charge is 0.459 e. The molecule has 0 saturated carbocycles. The average molecular weight is 631 g/mol. The number of halogens is 3. The molecule has 1 aromatic carbocycles. The summed E-state index contributed by atoms with van der Waals surface area (Å²) in [7, 11) is -4.39. The largest absolute Gasteiger partial charge is 0.462 e.